The zero-order valence-electron chi connectivity index (χ0n) is 7.46. The number of carbonyl (C=O) groups is 1. The van der Waals surface area contributed by atoms with E-state index < -0.39 is 0 Å². The Bertz CT molecular complexity index is 311. The van der Waals surface area contributed by atoms with Gasteiger partial charge in [-0.05, 0) is 35.8 Å². The summed E-state index contributed by atoms with van der Waals surface area (Å²) in [5.74, 6) is 0. The largest absolute Gasteiger partial charge is 0.298 e. The predicted octanol–water partition coefficient (Wildman–Crippen LogP) is 3.44. The van der Waals surface area contributed by atoms with Gasteiger partial charge < -0.3 is 0 Å². The Morgan fingerprint density at radius 2 is 2.00 bits per heavy atom. The average molecular weight is 239 g/mol. The van der Waals surface area contributed by atoms with Gasteiger partial charge in [0.25, 0.3) is 0 Å². The van der Waals surface area contributed by atoms with Crippen molar-refractivity contribution in [2.45, 2.75) is 13.3 Å². The first kappa shape index (κ1) is 10.2. The molecule has 0 spiro atoms. The lowest BCUT2D eigenvalue weighted by molar-refractivity contribution is -0.104. The Labute approximate surface area is 86.6 Å². The molecule has 0 saturated heterocycles. The molecule has 13 heavy (non-hydrogen) atoms. The second-order valence-corrected chi connectivity index (χ2v) is 3.66. The summed E-state index contributed by atoms with van der Waals surface area (Å²) in [6.45, 7) is 1.97. The van der Waals surface area contributed by atoms with Gasteiger partial charge in [0.05, 0.1) is 0 Å². The molecule has 1 aromatic carbocycles. The number of benzene rings is 1. The van der Waals surface area contributed by atoms with E-state index in [0.717, 1.165) is 28.3 Å². The highest BCUT2D eigenvalue weighted by Gasteiger charge is 1.92. The maximum Gasteiger partial charge on any atom is 0.146 e. The van der Waals surface area contributed by atoms with Crippen molar-refractivity contribution in [3.05, 3.63) is 39.9 Å². The third kappa shape index (κ3) is 3.15. The Balaban J connectivity index is 2.90. The Morgan fingerprint density at radius 1 is 1.38 bits per heavy atom. The summed E-state index contributed by atoms with van der Waals surface area (Å²) in [5, 5.41) is 0. The van der Waals surface area contributed by atoms with E-state index in [4.69, 9.17) is 0 Å². The minimum absolute atomic E-state index is 0.777. The summed E-state index contributed by atoms with van der Waals surface area (Å²) >= 11 is 3.36. The molecule has 2 heteroatoms. The summed E-state index contributed by atoms with van der Waals surface area (Å²) in [4.78, 5) is 10.5. The maximum atomic E-state index is 10.5. The third-order valence-electron chi connectivity index (χ3n) is 1.78. The molecule has 1 nitrogen and oxygen atoms in total. The SMILES string of the molecule is CCC(C=O)=Cc1ccc(Br)cc1. The Morgan fingerprint density at radius 3 is 2.46 bits per heavy atom. The van der Waals surface area contributed by atoms with E-state index >= 15 is 0 Å². The average Bonchev–Trinajstić information content (AvgIpc) is 2.17. The van der Waals surface area contributed by atoms with Crippen LogP contribution in [0.5, 0.6) is 0 Å². The first-order valence-corrected chi connectivity index (χ1v) is 4.97. The summed E-state index contributed by atoms with van der Waals surface area (Å²) in [7, 11) is 0. The minimum Gasteiger partial charge on any atom is -0.298 e. The van der Waals surface area contributed by atoms with Gasteiger partial charge in [-0.1, -0.05) is 35.0 Å². The molecule has 0 aliphatic rings. The van der Waals surface area contributed by atoms with E-state index in [9.17, 15) is 4.79 Å². The molecule has 1 rings (SSSR count). The normalized spacial score (nSPS) is 11.4. The molecule has 0 aliphatic carbocycles. The highest BCUT2D eigenvalue weighted by atomic mass is 79.9. The van der Waals surface area contributed by atoms with E-state index in [1.807, 2.05) is 37.3 Å². The number of halogens is 1. The summed E-state index contributed by atoms with van der Waals surface area (Å²) < 4.78 is 1.05. The molecular weight excluding hydrogens is 228 g/mol. The molecule has 0 atom stereocenters. The van der Waals surface area contributed by atoms with Crippen molar-refractivity contribution in [1.82, 2.24) is 0 Å². The molecule has 68 valence electrons. The highest BCUT2D eigenvalue weighted by molar-refractivity contribution is 9.10. The van der Waals surface area contributed by atoms with Gasteiger partial charge in [0.2, 0.25) is 0 Å². The number of carbonyl (C=O) groups excluding carboxylic acids is 1. The monoisotopic (exact) mass is 238 g/mol. The smallest absolute Gasteiger partial charge is 0.146 e. The quantitative estimate of drug-likeness (QED) is 0.583. The third-order valence-corrected chi connectivity index (χ3v) is 2.31. The summed E-state index contributed by atoms with van der Waals surface area (Å²) in [6.07, 6.45) is 3.58. The van der Waals surface area contributed by atoms with E-state index in [1.54, 1.807) is 0 Å². The molecule has 0 N–H and O–H groups in total. The molecule has 0 bridgehead atoms. The van der Waals surface area contributed by atoms with Gasteiger partial charge in [-0.15, -0.1) is 0 Å². The lowest BCUT2D eigenvalue weighted by Gasteiger charge is -1.96. The van der Waals surface area contributed by atoms with Gasteiger partial charge in [0.15, 0.2) is 0 Å². The van der Waals surface area contributed by atoms with Crippen molar-refractivity contribution >= 4 is 28.3 Å². The number of rotatable bonds is 3. The molecule has 0 saturated carbocycles. The standard InChI is InChI=1S/C11H11BrO/c1-2-9(8-13)7-10-3-5-11(12)6-4-10/h3-8H,2H2,1H3. The topological polar surface area (TPSA) is 17.1 Å². The van der Waals surface area contributed by atoms with Crippen molar-refractivity contribution < 1.29 is 4.79 Å². The second kappa shape index (κ2) is 4.97. The molecule has 0 amide bonds. The van der Waals surface area contributed by atoms with Gasteiger partial charge in [-0.2, -0.15) is 0 Å². The van der Waals surface area contributed by atoms with Crippen LogP contribution in [0.15, 0.2) is 34.3 Å². The van der Waals surface area contributed by atoms with Gasteiger partial charge in [0, 0.05) is 4.47 Å². The summed E-state index contributed by atoms with van der Waals surface area (Å²) in [6, 6.07) is 7.88. The van der Waals surface area contributed by atoms with Crippen LogP contribution in [0.4, 0.5) is 0 Å². The van der Waals surface area contributed by atoms with Crippen LogP contribution in [0.2, 0.25) is 0 Å². The number of hydrogen-bond acceptors (Lipinski definition) is 1. The fourth-order valence-electron chi connectivity index (χ4n) is 0.992. The van der Waals surface area contributed by atoms with E-state index in [0.29, 0.717) is 0 Å². The lowest BCUT2D eigenvalue weighted by atomic mass is 10.1. The van der Waals surface area contributed by atoms with Crippen LogP contribution in [-0.2, 0) is 4.79 Å². The van der Waals surface area contributed by atoms with Crippen LogP contribution in [0.1, 0.15) is 18.9 Å². The Kier molecular flexibility index (Phi) is 3.90. The van der Waals surface area contributed by atoms with Gasteiger partial charge >= 0.3 is 0 Å². The van der Waals surface area contributed by atoms with Gasteiger partial charge in [-0.3, -0.25) is 4.79 Å². The molecular formula is C11H11BrO. The van der Waals surface area contributed by atoms with Gasteiger partial charge in [0.1, 0.15) is 6.29 Å². The molecule has 1 aromatic rings. The second-order valence-electron chi connectivity index (χ2n) is 2.74. The van der Waals surface area contributed by atoms with Crippen molar-refractivity contribution in [2.24, 2.45) is 0 Å². The predicted molar refractivity (Wildman–Crippen MR) is 58.5 cm³/mol. The first-order chi connectivity index (χ1) is 6.26. The molecule has 0 aliphatic heterocycles. The molecule has 0 radical (unpaired) electrons. The highest BCUT2D eigenvalue weighted by Crippen LogP contribution is 2.13. The van der Waals surface area contributed by atoms with Crippen LogP contribution in [0, 0.1) is 0 Å². The van der Waals surface area contributed by atoms with Crippen LogP contribution >= 0.6 is 15.9 Å². The van der Waals surface area contributed by atoms with Crippen LogP contribution in [-0.4, -0.2) is 6.29 Å². The minimum atomic E-state index is 0.777. The van der Waals surface area contributed by atoms with Crippen molar-refractivity contribution in [3.63, 3.8) is 0 Å². The fraction of sp³-hybridized carbons (Fsp3) is 0.182. The van der Waals surface area contributed by atoms with Crippen LogP contribution in [0.3, 0.4) is 0 Å². The first-order valence-electron chi connectivity index (χ1n) is 4.17. The zero-order chi connectivity index (χ0) is 9.68. The van der Waals surface area contributed by atoms with Crippen LogP contribution < -0.4 is 0 Å². The molecule has 0 unspecified atom stereocenters. The Hall–Kier alpha value is -0.890. The van der Waals surface area contributed by atoms with E-state index in [1.165, 1.54) is 0 Å². The summed E-state index contributed by atoms with van der Waals surface area (Å²) in [5.41, 5.74) is 1.88. The molecule has 0 heterocycles. The van der Waals surface area contributed by atoms with E-state index in [2.05, 4.69) is 15.9 Å². The van der Waals surface area contributed by atoms with E-state index in [-0.39, 0.29) is 0 Å². The number of allylic oxidation sites excluding steroid dienone is 1. The zero-order valence-corrected chi connectivity index (χ0v) is 9.04. The fourth-order valence-corrected chi connectivity index (χ4v) is 1.26. The lowest BCUT2D eigenvalue weighted by Crippen LogP contribution is -1.81. The number of hydrogen-bond donors (Lipinski definition) is 0. The van der Waals surface area contributed by atoms with Crippen molar-refractivity contribution in [1.29, 1.82) is 0 Å². The van der Waals surface area contributed by atoms with Crippen molar-refractivity contribution in [3.8, 4) is 0 Å². The van der Waals surface area contributed by atoms with Crippen LogP contribution in [0.25, 0.3) is 6.08 Å². The number of aldehydes is 1. The maximum absolute atomic E-state index is 10.5. The van der Waals surface area contributed by atoms with Crippen molar-refractivity contribution in [2.75, 3.05) is 0 Å². The molecule has 0 fully saturated rings. The van der Waals surface area contributed by atoms with Gasteiger partial charge in [-0.25, -0.2) is 0 Å². The molecule has 0 aromatic heterocycles.